The predicted molar refractivity (Wildman–Crippen MR) is 54.6 cm³/mol. The standard InChI is InChI=1S/C10H19NO3/c1-8(2)9(5-7-12)11-6-4-10(13)14-3/h4,6,8-9,11-12H,5,7H2,1-3H3/b6-4+. The molecule has 0 aromatic heterocycles. The van der Waals surface area contributed by atoms with Crippen LogP contribution in [0.25, 0.3) is 0 Å². The summed E-state index contributed by atoms with van der Waals surface area (Å²) in [6, 6.07) is 0.181. The maximum absolute atomic E-state index is 10.7. The number of carbonyl (C=O) groups excluding carboxylic acids is 1. The van der Waals surface area contributed by atoms with Crippen LogP contribution in [0.5, 0.6) is 0 Å². The van der Waals surface area contributed by atoms with Gasteiger partial charge in [0.2, 0.25) is 0 Å². The molecule has 0 amide bonds. The van der Waals surface area contributed by atoms with Gasteiger partial charge < -0.3 is 15.2 Å². The Morgan fingerprint density at radius 3 is 2.64 bits per heavy atom. The lowest BCUT2D eigenvalue weighted by Crippen LogP contribution is -2.30. The quantitative estimate of drug-likeness (QED) is 0.490. The summed E-state index contributed by atoms with van der Waals surface area (Å²) in [7, 11) is 1.33. The zero-order chi connectivity index (χ0) is 11.0. The van der Waals surface area contributed by atoms with Crippen LogP contribution in [0.15, 0.2) is 12.3 Å². The van der Waals surface area contributed by atoms with Crippen LogP contribution in [0.1, 0.15) is 20.3 Å². The molecular formula is C10H19NO3. The fourth-order valence-electron chi connectivity index (χ4n) is 1.06. The molecule has 82 valence electrons. The molecule has 0 radical (unpaired) electrons. The van der Waals surface area contributed by atoms with Crippen molar-refractivity contribution in [1.82, 2.24) is 5.32 Å². The van der Waals surface area contributed by atoms with Gasteiger partial charge in [-0.15, -0.1) is 0 Å². The number of methoxy groups -OCH3 is 1. The van der Waals surface area contributed by atoms with Gasteiger partial charge in [0.15, 0.2) is 0 Å². The lowest BCUT2D eigenvalue weighted by atomic mass is 10.0. The molecule has 1 atom stereocenters. The van der Waals surface area contributed by atoms with E-state index in [1.54, 1.807) is 6.20 Å². The first kappa shape index (κ1) is 13.0. The van der Waals surface area contributed by atoms with Gasteiger partial charge in [0.25, 0.3) is 0 Å². The Bertz CT molecular complexity index is 190. The fourth-order valence-corrected chi connectivity index (χ4v) is 1.06. The van der Waals surface area contributed by atoms with Gasteiger partial charge in [0.05, 0.1) is 7.11 Å². The van der Waals surface area contributed by atoms with E-state index in [2.05, 4.69) is 23.9 Å². The van der Waals surface area contributed by atoms with E-state index in [0.29, 0.717) is 12.3 Å². The summed E-state index contributed by atoms with van der Waals surface area (Å²) in [4.78, 5) is 10.7. The van der Waals surface area contributed by atoms with Crippen molar-refractivity contribution < 1.29 is 14.6 Å². The molecule has 0 bridgehead atoms. The number of hydrogen-bond acceptors (Lipinski definition) is 4. The third kappa shape index (κ3) is 5.59. The minimum absolute atomic E-state index is 0.141. The third-order valence-electron chi connectivity index (χ3n) is 1.98. The van der Waals surface area contributed by atoms with Gasteiger partial charge in [-0.1, -0.05) is 13.8 Å². The van der Waals surface area contributed by atoms with Crippen LogP contribution in [0.2, 0.25) is 0 Å². The molecule has 2 N–H and O–H groups in total. The molecule has 0 aromatic carbocycles. The van der Waals surface area contributed by atoms with Crippen molar-refractivity contribution in [3.63, 3.8) is 0 Å². The van der Waals surface area contributed by atoms with Crippen molar-refractivity contribution in [2.75, 3.05) is 13.7 Å². The van der Waals surface area contributed by atoms with E-state index in [1.165, 1.54) is 13.2 Å². The predicted octanol–water partition coefficient (Wildman–Crippen LogP) is 0.670. The van der Waals surface area contributed by atoms with E-state index in [1.807, 2.05) is 0 Å². The Morgan fingerprint density at radius 2 is 2.21 bits per heavy atom. The zero-order valence-electron chi connectivity index (χ0n) is 8.99. The molecule has 1 unspecified atom stereocenters. The van der Waals surface area contributed by atoms with Crippen LogP contribution >= 0.6 is 0 Å². The van der Waals surface area contributed by atoms with Crippen LogP contribution in [0.4, 0.5) is 0 Å². The second kappa shape index (κ2) is 7.38. The Kier molecular flexibility index (Phi) is 6.84. The first-order chi connectivity index (χ1) is 6.61. The first-order valence-electron chi connectivity index (χ1n) is 4.73. The summed E-state index contributed by atoms with van der Waals surface area (Å²) in [5, 5.41) is 11.8. The van der Waals surface area contributed by atoms with E-state index in [4.69, 9.17) is 5.11 Å². The average molecular weight is 201 g/mol. The third-order valence-corrected chi connectivity index (χ3v) is 1.98. The zero-order valence-corrected chi connectivity index (χ0v) is 8.99. The molecule has 0 aliphatic heterocycles. The molecule has 0 spiro atoms. The van der Waals surface area contributed by atoms with Crippen molar-refractivity contribution >= 4 is 5.97 Å². The van der Waals surface area contributed by atoms with Crippen molar-refractivity contribution in [1.29, 1.82) is 0 Å². The van der Waals surface area contributed by atoms with Crippen molar-refractivity contribution in [2.24, 2.45) is 5.92 Å². The largest absolute Gasteiger partial charge is 0.466 e. The van der Waals surface area contributed by atoms with E-state index in [-0.39, 0.29) is 18.6 Å². The summed E-state index contributed by atoms with van der Waals surface area (Å²) in [5.41, 5.74) is 0. The van der Waals surface area contributed by atoms with E-state index in [9.17, 15) is 4.79 Å². The SMILES string of the molecule is COC(=O)/C=C/NC(CCO)C(C)C. The van der Waals surface area contributed by atoms with Gasteiger partial charge >= 0.3 is 5.97 Å². The minimum Gasteiger partial charge on any atom is -0.466 e. The van der Waals surface area contributed by atoms with E-state index < -0.39 is 0 Å². The lowest BCUT2D eigenvalue weighted by molar-refractivity contribution is -0.134. The molecule has 0 rings (SSSR count). The first-order valence-corrected chi connectivity index (χ1v) is 4.73. The number of nitrogens with one attached hydrogen (secondary N) is 1. The number of aliphatic hydroxyl groups excluding tert-OH is 1. The highest BCUT2D eigenvalue weighted by Crippen LogP contribution is 2.04. The Labute approximate surface area is 85.0 Å². The number of carbonyl (C=O) groups is 1. The lowest BCUT2D eigenvalue weighted by Gasteiger charge is -2.19. The number of ether oxygens (including phenoxy) is 1. The van der Waals surface area contributed by atoms with Crippen LogP contribution in [0, 0.1) is 5.92 Å². The van der Waals surface area contributed by atoms with Crippen LogP contribution in [0.3, 0.4) is 0 Å². The van der Waals surface area contributed by atoms with Gasteiger partial charge in [0.1, 0.15) is 0 Å². The van der Waals surface area contributed by atoms with E-state index in [0.717, 1.165) is 0 Å². The van der Waals surface area contributed by atoms with Crippen LogP contribution < -0.4 is 5.32 Å². The molecule has 0 saturated heterocycles. The average Bonchev–Trinajstić information content (AvgIpc) is 2.16. The molecule has 0 heterocycles. The number of aliphatic hydroxyl groups is 1. The summed E-state index contributed by atoms with van der Waals surface area (Å²) in [6.45, 7) is 4.25. The Hall–Kier alpha value is -1.03. The number of esters is 1. The molecule has 4 heteroatoms. The summed E-state index contributed by atoms with van der Waals surface area (Å²) >= 11 is 0. The molecule has 0 aliphatic rings. The van der Waals surface area contributed by atoms with Crippen molar-refractivity contribution in [2.45, 2.75) is 26.3 Å². The minimum atomic E-state index is -0.385. The van der Waals surface area contributed by atoms with Gasteiger partial charge in [-0.25, -0.2) is 4.79 Å². The van der Waals surface area contributed by atoms with Gasteiger partial charge in [-0.3, -0.25) is 0 Å². The van der Waals surface area contributed by atoms with Crippen molar-refractivity contribution in [3.05, 3.63) is 12.3 Å². The molecule has 0 saturated carbocycles. The summed E-state index contributed by atoms with van der Waals surface area (Å²) < 4.78 is 4.44. The fraction of sp³-hybridized carbons (Fsp3) is 0.700. The number of hydrogen-bond donors (Lipinski definition) is 2. The monoisotopic (exact) mass is 201 g/mol. The summed E-state index contributed by atoms with van der Waals surface area (Å²) in [6.07, 6.45) is 3.56. The number of rotatable bonds is 6. The second-order valence-electron chi connectivity index (χ2n) is 3.39. The molecule has 4 nitrogen and oxygen atoms in total. The molecule has 0 aliphatic carbocycles. The van der Waals surface area contributed by atoms with Crippen LogP contribution in [-0.2, 0) is 9.53 Å². The Morgan fingerprint density at radius 1 is 1.57 bits per heavy atom. The summed E-state index contributed by atoms with van der Waals surface area (Å²) in [5.74, 6) is 0.0217. The normalized spacial score (nSPS) is 13.2. The molecular weight excluding hydrogens is 182 g/mol. The van der Waals surface area contributed by atoms with Crippen molar-refractivity contribution in [3.8, 4) is 0 Å². The Balaban J connectivity index is 3.92. The second-order valence-corrected chi connectivity index (χ2v) is 3.39. The molecule has 0 aromatic rings. The molecule has 0 fully saturated rings. The highest BCUT2D eigenvalue weighted by atomic mass is 16.5. The maximum Gasteiger partial charge on any atom is 0.331 e. The smallest absolute Gasteiger partial charge is 0.331 e. The highest BCUT2D eigenvalue weighted by molar-refractivity contribution is 5.81. The van der Waals surface area contributed by atoms with E-state index >= 15 is 0 Å². The van der Waals surface area contributed by atoms with Gasteiger partial charge in [-0.05, 0) is 12.3 Å². The topological polar surface area (TPSA) is 58.6 Å². The van der Waals surface area contributed by atoms with Gasteiger partial charge in [0, 0.05) is 24.9 Å². The van der Waals surface area contributed by atoms with Crippen LogP contribution in [-0.4, -0.2) is 30.8 Å². The van der Waals surface area contributed by atoms with Gasteiger partial charge in [-0.2, -0.15) is 0 Å². The molecule has 14 heavy (non-hydrogen) atoms. The highest BCUT2D eigenvalue weighted by Gasteiger charge is 2.09. The maximum atomic E-state index is 10.7.